The summed E-state index contributed by atoms with van der Waals surface area (Å²) in [7, 11) is 0. The Bertz CT molecular complexity index is 484. The molecule has 4 nitrogen and oxygen atoms in total. The van der Waals surface area contributed by atoms with Crippen LogP contribution in [0.2, 0.25) is 0 Å². The normalized spacial score (nSPS) is 7.64. The van der Waals surface area contributed by atoms with Gasteiger partial charge in [0.15, 0.2) is 0 Å². The van der Waals surface area contributed by atoms with Gasteiger partial charge in [-0.25, -0.2) is 9.59 Å². The lowest BCUT2D eigenvalue weighted by atomic mass is 10.2. The molecule has 0 heterocycles. The predicted molar refractivity (Wildman–Crippen MR) is 89.3 cm³/mol. The van der Waals surface area contributed by atoms with E-state index in [1.165, 1.54) is 0 Å². The number of carbonyl (C=O) groups is 2. The fraction of sp³-hybridized carbons (Fsp3) is 0. The quantitative estimate of drug-likeness (QED) is 0.807. The topological polar surface area (TPSA) is 74.6 Å². The molecule has 0 aliphatic rings. The average molecular weight is 300 g/mol. The molecule has 0 fully saturated rings. The summed E-state index contributed by atoms with van der Waals surface area (Å²) >= 11 is 0. The molecule has 22 heavy (non-hydrogen) atoms. The van der Waals surface area contributed by atoms with Crippen molar-refractivity contribution in [2.24, 2.45) is 0 Å². The lowest BCUT2D eigenvalue weighted by molar-refractivity contribution is 0.0686. The molecule has 0 radical (unpaired) electrons. The number of hydrogen-bond acceptors (Lipinski definition) is 2. The van der Waals surface area contributed by atoms with Crippen LogP contribution in [-0.2, 0) is 0 Å². The number of hydrogen-bond donors (Lipinski definition) is 2. The Labute approximate surface area is 130 Å². The second kappa shape index (κ2) is 14.3. The maximum Gasteiger partial charge on any atom is 0.335 e. The van der Waals surface area contributed by atoms with Crippen molar-refractivity contribution in [3.05, 3.63) is 98.1 Å². The molecular formula is C18H20O4. The van der Waals surface area contributed by atoms with Crippen LogP contribution in [0.5, 0.6) is 0 Å². The van der Waals surface area contributed by atoms with E-state index in [1.54, 1.807) is 60.7 Å². The van der Waals surface area contributed by atoms with Crippen LogP contribution in [0.25, 0.3) is 0 Å². The van der Waals surface area contributed by atoms with Crippen LogP contribution < -0.4 is 0 Å². The lowest BCUT2D eigenvalue weighted by Crippen LogP contribution is -1.93. The Morgan fingerprint density at radius 3 is 0.955 bits per heavy atom. The molecule has 0 atom stereocenters. The Morgan fingerprint density at radius 2 is 0.818 bits per heavy atom. The van der Waals surface area contributed by atoms with Gasteiger partial charge in [-0.2, -0.15) is 0 Å². The van der Waals surface area contributed by atoms with E-state index < -0.39 is 11.9 Å². The van der Waals surface area contributed by atoms with Crippen LogP contribution in [0.4, 0.5) is 0 Å². The third-order valence-electron chi connectivity index (χ3n) is 2.04. The van der Waals surface area contributed by atoms with Gasteiger partial charge in [0.05, 0.1) is 11.1 Å². The van der Waals surface area contributed by atoms with Gasteiger partial charge in [-0.1, -0.05) is 36.4 Å². The van der Waals surface area contributed by atoms with E-state index in [0.717, 1.165) is 0 Å². The van der Waals surface area contributed by atoms with Crippen LogP contribution in [0.1, 0.15) is 20.7 Å². The Hall–Kier alpha value is -3.14. The summed E-state index contributed by atoms with van der Waals surface area (Å²) < 4.78 is 0. The minimum atomic E-state index is -0.879. The zero-order valence-electron chi connectivity index (χ0n) is 12.3. The molecule has 0 aliphatic heterocycles. The van der Waals surface area contributed by atoms with Crippen molar-refractivity contribution in [3.63, 3.8) is 0 Å². The molecule has 0 spiro atoms. The van der Waals surface area contributed by atoms with E-state index in [1.807, 2.05) is 0 Å². The standard InChI is InChI=1S/2C7H6O2.2C2H4/c2*8-7(9)6-4-2-1-3-5-6;2*1-2/h2*1-5H,(H,8,9);2*1-2H2. The first kappa shape index (κ1) is 21.2. The molecule has 0 saturated carbocycles. The van der Waals surface area contributed by atoms with Crippen molar-refractivity contribution in [1.82, 2.24) is 0 Å². The van der Waals surface area contributed by atoms with Gasteiger partial charge < -0.3 is 10.2 Å². The zero-order chi connectivity index (χ0) is 17.4. The van der Waals surface area contributed by atoms with Crippen molar-refractivity contribution in [2.45, 2.75) is 0 Å². The molecule has 2 N–H and O–H groups in total. The second-order valence-electron chi connectivity index (χ2n) is 3.34. The molecule has 116 valence electrons. The van der Waals surface area contributed by atoms with Crippen molar-refractivity contribution in [3.8, 4) is 0 Å². The van der Waals surface area contributed by atoms with Crippen LogP contribution in [-0.4, -0.2) is 22.2 Å². The van der Waals surface area contributed by atoms with Crippen molar-refractivity contribution < 1.29 is 19.8 Å². The van der Waals surface area contributed by atoms with Crippen molar-refractivity contribution in [1.29, 1.82) is 0 Å². The number of carboxylic acids is 2. The Morgan fingerprint density at radius 1 is 0.591 bits per heavy atom. The average Bonchev–Trinajstić information content (AvgIpc) is 2.60. The minimum Gasteiger partial charge on any atom is -0.478 e. The second-order valence-corrected chi connectivity index (χ2v) is 3.34. The number of benzene rings is 2. The number of aromatic carboxylic acids is 2. The highest BCUT2D eigenvalue weighted by Crippen LogP contribution is 1.96. The molecule has 2 aromatic rings. The molecule has 2 aromatic carbocycles. The maximum absolute atomic E-state index is 10.2. The van der Waals surface area contributed by atoms with E-state index in [0.29, 0.717) is 11.1 Å². The summed E-state index contributed by atoms with van der Waals surface area (Å²) in [5, 5.41) is 16.8. The monoisotopic (exact) mass is 300 g/mol. The van der Waals surface area contributed by atoms with Gasteiger partial charge in [-0.15, -0.1) is 26.3 Å². The molecule has 0 aromatic heterocycles. The van der Waals surface area contributed by atoms with Gasteiger partial charge in [-0.3, -0.25) is 0 Å². The van der Waals surface area contributed by atoms with E-state index in [9.17, 15) is 9.59 Å². The van der Waals surface area contributed by atoms with E-state index in [2.05, 4.69) is 26.3 Å². The molecule has 4 heteroatoms. The molecular weight excluding hydrogens is 280 g/mol. The van der Waals surface area contributed by atoms with Crippen LogP contribution in [0.15, 0.2) is 87.0 Å². The zero-order valence-corrected chi connectivity index (χ0v) is 12.3. The van der Waals surface area contributed by atoms with E-state index in [-0.39, 0.29) is 0 Å². The smallest absolute Gasteiger partial charge is 0.335 e. The number of carboxylic acid groups (broad SMARTS) is 2. The molecule has 0 saturated heterocycles. The third kappa shape index (κ3) is 9.75. The van der Waals surface area contributed by atoms with Gasteiger partial charge in [-0.05, 0) is 24.3 Å². The Balaban J connectivity index is 0. The first-order valence-corrected chi connectivity index (χ1v) is 6.18. The lowest BCUT2D eigenvalue weighted by Gasteiger charge is -1.88. The van der Waals surface area contributed by atoms with Gasteiger partial charge in [0.25, 0.3) is 0 Å². The molecule has 0 amide bonds. The minimum absolute atomic E-state index is 0.331. The summed E-state index contributed by atoms with van der Waals surface area (Å²) in [6.07, 6.45) is 0. The fourth-order valence-electron chi connectivity index (χ4n) is 1.16. The highest BCUT2D eigenvalue weighted by atomic mass is 16.4. The van der Waals surface area contributed by atoms with Gasteiger partial charge in [0.1, 0.15) is 0 Å². The van der Waals surface area contributed by atoms with Gasteiger partial charge in [0, 0.05) is 0 Å². The maximum atomic E-state index is 10.2. The van der Waals surface area contributed by atoms with Crippen LogP contribution in [0, 0.1) is 0 Å². The Kier molecular flexibility index (Phi) is 13.7. The van der Waals surface area contributed by atoms with Crippen LogP contribution >= 0.6 is 0 Å². The van der Waals surface area contributed by atoms with Crippen molar-refractivity contribution >= 4 is 11.9 Å². The molecule has 0 aliphatic carbocycles. The summed E-state index contributed by atoms with van der Waals surface area (Å²) in [6, 6.07) is 16.6. The van der Waals surface area contributed by atoms with E-state index >= 15 is 0 Å². The summed E-state index contributed by atoms with van der Waals surface area (Å²) in [6.45, 7) is 12.0. The summed E-state index contributed by atoms with van der Waals surface area (Å²) in [5.74, 6) is -1.76. The third-order valence-corrected chi connectivity index (χ3v) is 2.04. The highest BCUT2D eigenvalue weighted by Gasteiger charge is 1.97. The predicted octanol–water partition coefficient (Wildman–Crippen LogP) is 4.37. The van der Waals surface area contributed by atoms with Gasteiger partial charge in [0.2, 0.25) is 0 Å². The van der Waals surface area contributed by atoms with E-state index in [4.69, 9.17) is 10.2 Å². The molecule has 0 bridgehead atoms. The molecule has 2 rings (SSSR count). The SMILES string of the molecule is C=C.C=C.O=C(O)c1ccccc1.O=C(O)c1ccccc1. The van der Waals surface area contributed by atoms with Crippen LogP contribution in [0.3, 0.4) is 0 Å². The summed E-state index contributed by atoms with van der Waals surface area (Å²) in [5.41, 5.74) is 0.662. The largest absolute Gasteiger partial charge is 0.478 e. The number of rotatable bonds is 2. The molecule has 0 unspecified atom stereocenters. The summed E-state index contributed by atoms with van der Waals surface area (Å²) in [4.78, 5) is 20.4. The first-order chi connectivity index (χ1) is 10.6. The van der Waals surface area contributed by atoms with Gasteiger partial charge >= 0.3 is 11.9 Å². The fourth-order valence-corrected chi connectivity index (χ4v) is 1.16. The van der Waals surface area contributed by atoms with Crippen molar-refractivity contribution in [2.75, 3.05) is 0 Å². The first-order valence-electron chi connectivity index (χ1n) is 6.18. The highest BCUT2D eigenvalue weighted by molar-refractivity contribution is 5.87.